The minimum atomic E-state index is -4.54. The van der Waals surface area contributed by atoms with E-state index in [1.807, 2.05) is 0 Å². The van der Waals surface area contributed by atoms with Crippen LogP contribution in [0.2, 0.25) is 0 Å². The number of hydrogen-bond acceptors (Lipinski definition) is 4. The number of benzene rings is 1. The highest BCUT2D eigenvalue weighted by Gasteiger charge is 2.74. The van der Waals surface area contributed by atoms with Crippen LogP contribution in [0.5, 0.6) is 0 Å². The zero-order chi connectivity index (χ0) is 29.8. The van der Waals surface area contributed by atoms with Gasteiger partial charge in [0.2, 0.25) is 0 Å². The van der Waals surface area contributed by atoms with Crippen LogP contribution in [0.25, 0.3) is 0 Å². The van der Waals surface area contributed by atoms with Gasteiger partial charge in [-0.1, -0.05) is 50.6 Å². The molecule has 1 heterocycles. The number of carbonyl (C=O) groups is 1. The summed E-state index contributed by atoms with van der Waals surface area (Å²) in [6.45, 7) is 7.18. The van der Waals surface area contributed by atoms with Crippen LogP contribution in [0.4, 0.5) is 13.2 Å². The number of hydrogen-bond donors (Lipinski definition) is 2. The summed E-state index contributed by atoms with van der Waals surface area (Å²) in [5.74, 6) is -0.224. The molecule has 2 N–H and O–H groups in total. The van der Waals surface area contributed by atoms with E-state index in [1.165, 1.54) is 18.6 Å². The quantitative estimate of drug-likeness (QED) is 0.297. The number of carbonyl (C=O) groups excluding carboxylic acids is 1. The van der Waals surface area contributed by atoms with Gasteiger partial charge in [-0.2, -0.15) is 13.2 Å². The predicted octanol–water partition coefficient (Wildman–Crippen LogP) is 6.97. The average molecular weight is 584 g/mol. The highest BCUT2D eigenvalue weighted by atomic mass is 19.4. The number of alkyl halides is 3. The molecule has 1 aromatic rings. The first kappa shape index (κ1) is 28.8. The molecule has 3 saturated carbocycles. The summed E-state index contributed by atoms with van der Waals surface area (Å²) in [6, 6.07) is 4.85. The topological polar surface area (TPSA) is 60.8 Å². The molecule has 8 rings (SSSR count). The first-order valence-corrected chi connectivity index (χ1v) is 16.1. The molecule has 7 aliphatic rings. The molecule has 1 aliphatic heterocycles. The summed E-state index contributed by atoms with van der Waals surface area (Å²) >= 11 is 0. The molecular weight excluding hydrogens is 539 g/mol. The van der Waals surface area contributed by atoms with Crippen molar-refractivity contribution in [2.75, 3.05) is 19.6 Å². The van der Waals surface area contributed by atoms with Gasteiger partial charge in [-0.05, 0) is 100 Å². The number of β-amino-alcohol motifs (C(OH)–C–C–N with tert-alkyl or cyclic N) is 1. The van der Waals surface area contributed by atoms with E-state index >= 15 is 0 Å². The second-order valence-electron chi connectivity index (χ2n) is 15.1. The maximum Gasteiger partial charge on any atom is 0.416 e. The van der Waals surface area contributed by atoms with Crippen molar-refractivity contribution < 1.29 is 28.2 Å². The normalized spacial score (nSPS) is 44.7. The van der Waals surface area contributed by atoms with Gasteiger partial charge >= 0.3 is 6.18 Å². The Labute approximate surface area is 247 Å². The third kappa shape index (κ3) is 3.75. The molecular formula is C35H44F3NO3. The molecule has 2 spiro atoms. The fourth-order valence-corrected chi connectivity index (χ4v) is 11.1. The van der Waals surface area contributed by atoms with Crippen molar-refractivity contribution in [1.29, 1.82) is 0 Å². The lowest BCUT2D eigenvalue weighted by atomic mass is 9.32. The van der Waals surface area contributed by atoms with Crippen LogP contribution in [-0.2, 0) is 6.18 Å². The molecule has 1 saturated heterocycles. The summed E-state index contributed by atoms with van der Waals surface area (Å²) in [6.07, 6.45) is 10.3. The summed E-state index contributed by atoms with van der Waals surface area (Å²) in [4.78, 5) is 17.0. The Kier molecular flexibility index (Phi) is 6.36. The van der Waals surface area contributed by atoms with E-state index in [9.17, 15) is 28.2 Å². The molecule has 0 aromatic heterocycles. The standard InChI is InChI=1S/C35H44F3NO3/c1-30-12-9-25(40)20-32(30)15-16-34(26(21-32)29(41)23-7-6-8-24(19-23)35(36,37)38)27(30)10-13-31(2)28(34)11-14-33(31,42)22-39-17-4-3-5-18-39/h6-8,15-16,19,21,25,27-28,40,42H,3-5,9-14,17-18,20,22H2,1-2H3/t25?,27-,28-,30-,31+,32+,33-,34-/m1/s1. The Morgan fingerprint density at radius 2 is 1.67 bits per heavy atom. The van der Waals surface area contributed by atoms with Gasteiger partial charge in [0.05, 0.1) is 17.3 Å². The van der Waals surface area contributed by atoms with Crippen molar-refractivity contribution in [3.05, 3.63) is 59.2 Å². The second-order valence-corrected chi connectivity index (χ2v) is 15.1. The second kappa shape index (κ2) is 9.28. The number of aliphatic hydroxyl groups excluding tert-OH is 1. The number of halogens is 3. The number of allylic oxidation sites excluding steroid dienone is 4. The van der Waals surface area contributed by atoms with E-state index < -0.39 is 39.7 Å². The molecule has 7 heteroatoms. The zero-order valence-corrected chi connectivity index (χ0v) is 24.8. The van der Waals surface area contributed by atoms with Gasteiger partial charge in [-0.3, -0.25) is 4.79 Å². The molecule has 6 aliphatic carbocycles. The molecule has 4 fully saturated rings. The van der Waals surface area contributed by atoms with Crippen molar-refractivity contribution in [2.24, 2.45) is 33.5 Å². The number of likely N-dealkylation sites (tertiary alicyclic amines) is 1. The molecule has 0 amide bonds. The fourth-order valence-electron chi connectivity index (χ4n) is 11.1. The number of piperidine rings is 1. The lowest BCUT2D eigenvalue weighted by molar-refractivity contribution is -0.176. The van der Waals surface area contributed by atoms with Crippen molar-refractivity contribution in [1.82, 2.24) is 4.90 Å². The lowest BCUT2D eigenvalue weighted by Crippen LogP contribution is -2.67. The summed E-state index contributed by atoms with van der Waals surface area (Å²) in [5.41, 5.74) is -2.83. The van der Waals surface area contributed by atoms with E-state index in [1.54, 1.807) is 0 Å². The Hall–Kier alpha value is -1.96. The molecule has 4 nitrogen and oxygen atoms in total. The van der Waals surface area contributed by atoms with Crippen LogP contribution in [-0.4, -0.2) is 52.2 Å². The average Bonchev–Trinajstić information content (AvgIpc) is 3.22. The van der Waals surface area contributed by atoms with Crippen LogP contribution in [0.1, 0.15) is 94.0 Å². The monoisotopic (exact) mass is 583 g/mol. The molecule has 8 atom stereocenters. The van der Waals surface area contributed by atoms with Crippen molar-refractivity contribution in [3.63, 3.8) is 0 Å². The van der Waals surface area contributed by atoms with Gasteiger partial charge in [0, 0.05) is 33.9 Å². The highest BCUT2D eigenvalue weighted by Crippen LogP contribution is 2.78. The summed E-state index contributed by atoms with van der Waals surface area (Å²) in [7, 11) is 0. The smallest absolute Gasteiger partial charge is 0.393 e. The van der Waals surface area contributed by atoms with Gasteiger partial charge in [0.25, 0.3) is 0 Å². The van der Waals surface area contributed by atoms with E-state index in [0.29, 0.717) is 31.4 Å². The fraction of sp³-hybridized carbons (Fsp3) is 0.686. The molecule has 1 unspecified atom stereocenters. The largest absolute Gasteiger partial charge is 0.416 e. The molecule has 42 heavy (non-hydrogen) atoms. The minimum Gasteiger partial charge on any atom is -0.393 e. The Morgan fingerprint density at radius 3 is 2.40 bits per heavy atom. The van der Waals surface area contributed by atoms with Crippen LogP contribution >= 0.6 is 0 Å². The SMILES string of the molecule is C[C@]12CC[C@H]3[C@]4(C=C[C@@]5(C=C4C(=O)c4cccc(C(F)(F)F)c4)CC(O)CC[C@]35C)[C@@H]1CC[C@@]2(O)CN1CCCCC1. The highest BCUT2D eigenvalue weighted by molar-refractivity contribution is 6.10. The number of aliphatic hydroxyl groups is 2. The first-order chi connectivity index (χ1) is 19.8. The van der Waals surface area contributed by atoms with Gasteiger partial charge in [0.15, 0.2) is 5.78 Å². The van der Waals surface area contributed by atoms with Crippen LogP contribution in [0.3, 0.4) is 0 Å². The van der Waals surface area contributed by atoms with Crippen LogP contribution in [0.15, 0.2) is 48.1 Å². The van der Waals surface area contributed by atoms with Gasteiger partial charge in [-0.25, -0.2) is 0 Å². The Morgan fingerprint density at radius 1 is 0.976 bits per heavy atom. The van der Waals surface area contributed by atoms with E-state index in [2.05, 4.69) is 37.0 Å². The number of ketones is 1. The van der Waals surface area contributed by atoms with Gasteiger partial charge in [-0.15, -0.1) is 0 Å². The first-order valence-electron chi connectivity index (χ1n) is 16.1. The molecule has 2 bridgehead atoms. The van der Waals surface area contributed by atoms with Crippen LogP contribution in [0, 0.1) is 33.5 Å². The Bertz CT molecular complexity index is 1350. The zero-order valence-electron chi connectivity index (χ0n) is 24.8. The maximum absolute atomic E-state index is 14.5. The lowest BCUT2D eigenvalue weighted by Gasteiger charge is -2.71. The van der Waals surface area contributed by atoms with E-state index in [4.69, 9.17) is 0 Å². The Balaban J connectivity index is 1.36. The molecule has 228 valence electrons. The van der Waals surface area contributed by atoms with E-state index in [0.717, 1.165) is 63.7 Å². The van der Waals surface area contributed by atoms with Crippen molar-refractivity contribution >= 4 is 5.78 Å². The summed E-state index contributed by atoms with van der Waals surface area (Å²) < 4.78 is 41.1. The van der Waals surface area contributed by atoms with Gasteiger partial charge in [0.1, 0.15) is 0 Å². The van der Waals surface area contributed by atoms with Crippen molar-refractivity contribution in [3.8, 4) is 0 Å². The number of nitrogens with zero attached hydrogens (tertiary/aromatic N) is 1. The minimum absolute atomic E-state index is 0.00207. The maximum atomic E-state index is 14.5. The predicted molar refractivity (Wildman–Crippen MR) is 155 cm³/mol. The number of rotatable bonds is 4. The van der Waals surface area contributed by atoms with Crippen molar-refractivity contribution in [2.45, 2.75) is 95.9 Å². The van der Waals surface area contributed by atoms with Gasteiger partial charge < -0.3 is 15.1 Å². The number of Topliss-reactive ketones (excluding diaryl/α,β-unsaturated/α-hetero) is 1. The molecule has 0 radical (unpaired) electrons. The molecule has 1 aromatic carbocycles. The number of fused-ring (bicyclic) bond motifs is 1. The third-order valence-corrected chi connectivity index (χ3v) is 13.3. The van der Waals surface area contributed by atoms with Crippen LogP contribution < -0.4 is 0 Å². The summed E-state index contributed by atoms with van der Waals surface area (Å²) in [5, 5.41) is 23.3. The van der Waals surface area contributed by atoms with E-state index in [-0.39, 0.29) is 28.6 Å². The third-order valence-electron chi connectivity index (χ3n) is 13.3.